The SMILES string of the molecule is Cc1c(CCCN)cnn1C1CCN(C)CC1. The molecule has 0 aliphatic carbocycles. The van der Waals surface area contributed by atoms with E-state index in [9.17, 15) is 0 Å². The molecule has 1 aliphatic heterocycles. The Bertz CT molecular complexity index is 350. The molecule has 0 amide bonds. The molecule has 0 spiro atoms. The molecule has 96 valence electrons. The normalized spacial score (nSPS) is 18.8. The van der Waals surface area contributed by atoms with Gasteiger partial charge in [-0.2, -0.15) is 5.10 Å². The third kappa shape index (κ3) is 2.87. The summed E-state index contributed by atoms with van der Waals surface area (Å²) in [7, 11) is 2.19. The molecule has 0 radical (unpaired) electrons. The van der Waals surface area contributed by atoms with Crippen molar-refractivity contribution in [3.05, 3.63) is 17.5 Å². The van der Waals surface area contributed by atoms with E-state index < -0.39 is 0 Å². The number of hydrogen-bond acceptors (Lipinski definition) is 3. The average molecular weight is 236 g/mol. The number of rotatable bonds is 4. The van der Waals surface area contributed by atoms with Crippen LogP contribution >= 0.6 is 0 Å². The highest BCUT2D eigenvalue weighted by atomic mass is 15.3. The number of hydrogen-bond donors (Lipinski definition) is 1. The van der Waals surface area contributed by atoms with Gasteiger partial charge in [0.05, 0.1) is 12.2 Å². The molecule has 0 atom stereocenters. The molecule has 1 aromatic heterocycles. The number of aromatic nitrogens is 2. The van der Waals surface area contributed by atoms with Crippen molar-refractivity contribution >= 4 is 0 Å². The van der Waals surface area contributed by atoms with Gasteiger partial charge < -0.3 is 10.6 Å². The van der Waals surface area contributed by atoms with Gasteiger partial charge in [-0.25, -0.2) is 0 Å². The summed E-state index contributed by atoms with van der Waals surface area (Å²) in [5, 5.41) is 4.57. The zero-order chi connectivity index (χ0) is 12.3. The van der Waals surface area contributed by atoms with Crippen molar-refractivity contribution in [1.29, 1.82) is 0 Å². The largest absolute Gasteiger partial charge is 0.330 e. The molecule has 1 aliphatic rings. The summed E-state index contributed by atoms with van der Waals surface area (Å²) in [5.41, 5.74) is 8.27. The second-order valence-corrected chi connectivity index (χ2v) is 5.13. The number of aryl methyl sites for hydroxylation is 1. The number of piperidine rings is 1. The van der Waals surface area contributed by atoms with Gasteiger partial charge in [-0.3, -0.25) is 4.68 Å². The van der Waals surface area contributed by atoms with Gasteiger partial charge in [0.1, 0.15) is 0 Å². The predicted molar refractivity (Wildman–Crippen MR) is 70.1 cm³/mol. The van der Waals surface area contributed by atoms with Crippen LogP contribution in [0, 0.1) is 6.92 Å². The molecule has 2 rings (SSSR count). The van der Waals surface area contributed by atoms with Crippen molar-refractivity contribution in [3.63, 3.8) is 0 Å². The second kappa shape index (κ2) is 5.65. The van der Waals surface area contributed by atoms with Crippen LogP contribution in [0.5, 0.6) is 0 Å². The Morgan fingerprint density at radius 3 is 2.76 bits per heavy atom. The van der Waals surface area contributed by atoms with E-state index in [4.69, 9.17) is 5.73 Å². The third-order valence-electron chi connectivity index (χ3n) is 3.83. The minimum atomic E-state index is 0.595. The summed E-state index contributed by atoms with van der Waals surface area (Å²) in [5.74, 6) is 0. The Morgan fingerprint density at radius 1 is 1.41 bits per heavy atom. The monoisotopic (exact) mass is 236 g/mol. The standard InChI is InChI=1S/C13H24N4/c1-11-12(4-3-7-14)10-15-17(11)13-5-8-16(2)9-6-13/h10,13H,3-9,14H2,1-2H3. The Kier molecular flexibility index (Phi) is 4.18. The number of nitrogens with two attached hydrogens (primary N) is 1. The van der Waals surface area contributed by atoms with Crippen LogP contribution < -0.4 is 5.73 Å². The van der Waals surface area contributed by atoms with E-state index in [0.717, 1.165) is 19.4 Å². The van der Waals surface area contributed by atoms with Gasteiger partial charge in [-0.15, -0.1) is 0 Å². The first kappa shape index (κ1) is 12.6. The fourth-order valence-electron chi connectivity index (χ4n) is 2.60. The lowest BCUT2D eigenvalue weighted by molar-refractivity contribution is 0.210. The van der Waals surface area contributed by atoms with Gasteiger partial charge >= 0.3 is 0 Å². The number of nitrogens with zero attached hydrogens (tertiary/aromatic N) is 3. The van der Waals surface area contributed by atoms with Gasteiger partial charge in [0, 0.05) is 5.69 Å². The first-order valence-electron chi connectivity index (χ1n) is 6.64. The van der Waals surface area contributed by atoms with Crippen LogP contribution in [0.15, 0.2) is 6.20 Å². The van der Waals surface area contributed by atoms with Crippen molar-refractivity contribution in [2.45, 2.75) is 38.6 Å². The van der Waals surface area contributed by atoms with E-state index in [-0.39, 0.29) is 0 Å². The summed E-state index contributed by atoms with van der Waals surface area (Å²) < 4.78 is 2.23. The Balaban J connectivity index is 2.03. The molecule has 17 heavy (non-hydrogen) atoms. The molecule has 0 aromatic carbocycles. The quantitative estimate of drug-likeness (QED) is 0.858. The van der Waals surface area contributed by atoms with Crippen LogP contribution in [0.1, 0.15) is 36.6 Å². The van der Waals surface area contributed by atoms with E-state index in [0.29, 0.717) is 6.04 Å². The van der Waals surface area contributed by atoms with E-state index in [1.165, 1.54) is 37.2 Å². The molecule has 2 N–H and O–H groups in total. The van der Waals surface area contributed by atoms with Crippen molar-refractivity contribution in [2.75, 3.05) is 26.7 Å². The highest BCUT2D eigenvalue weighted by molar-refractivity contribution is 5.17. The van der Waals surface area contributed by atoms with Crippen LogP contribution in [0.2, 0.25) is 0 Å². The molecule has 2 heterocycles. The van der Waals surface area contributed by atoms with E-state index >= 15 is 0 Å². The van der Waals surface area contributed by atoms with Gasteiger partial charge in [-0.05, 0) is 64.9 Å². The molecule has 0 unspecified atom stereocenters. The molecular weight excluding hydrogens is 212 g/mol. The maximum Gasteiger partial charge on any atom is 0.0546 e. The average Bonchev–Trinajstić information content (AvgIpc) is 2.69. The van der Waals surface area contributed by atoms with Crippen molar-refractivity contribution in [2.24, 2.45) is 5.73 Å². The predicted octanol–water partition coefficient (Wildman–Crippen LogP) is 1.35. The van der Waals surface area contributed by atoms with Crippen LogP contribution in [0.25, 0.3) is 0 Å². The molecular formula is C13H24N4. The zero-order valence-electron chi connectivity index (χ0n) is 11.0. The Morgan fingerprint density at radius 2 is 2.12 bits per heavy atom. The highest BCUT2D eigenvalue weighted by Crippen LogP contribution is 2.24. The fraction of sp³-hybridized carbons (Fsp3) is 0.769. The second-order valence-electron chi connectivity index (χ2n) is 5.13. The Hall–Kier alpha value is -0.870. The van der Waals surface area contributed by atoms with E-state index in [2.05, 4.69) is 28.7 Å². The van der Waals surface area contributed by atoms with Gasteiger partial charge in [0.2, 0.25) is 0 Å². The van der Waals surface area contributed by atoms with Crippen molar-refractivity contribution in [1.82, 2.24) is 14.7 Å². The first-order chi connectivity index (χ1) is 8.22. The lowest BCUT2D eigenvalue weighted by Crippen LogP contribution is -2.32. The van der Waals surface area contributed by atoms with Gasteiger partial charge in [0.15, 0.2) is 0 Å². The number of likely N-dealkylation sites (tertiary alicyclic amines) is 1. The lowest BCUT2D eigenvalue weighted by Gasteiger charge is -2.29. The molecule has 1 saturated heterocycles. The lowest BCUT2D eigenvalue weighted by atomic mass is 10.0. The third-order valence-corrected chi connectivity index (χ3v) is 3.83. The van der Waals surface area contributed by atoms with Gasteiger partial charge in [0.25, 0.3) is 0 Å². The zero-order valence-corrected chi connectivity index (χ0v) is 11.0. The molecule has 0 saturated carbocycles. The van der Waals surface area contributed by atoms with E-state index in [1.54, 1.807) is 0 Å². The molecule has 1 fully saturated rings. The maximum absolute atomic E-state index is 5.56. The van der Waals surface area contributed by atoms with Crippen LogP contribution in [-0.4, -0.2) is 41.4 Å². The summed E-state index contributed by atoms with van der Waals surface area (Å²) in [6, 6.07) is 0.595. The smallest absolute Gasteiger partial charge is 0.0546 e. The molecule has 4 nitrogen and oxygen atoms in total. The van der Waals surface area contributed by atoms with Crippen LogP contribution in [0.4, 0.5) is 0 Å². The van der Waals surface area contributed by atoms with Crippen LogP contribution in [-0.2, 0) is 6.42 Å². The van der Waals surface area contributed by atoms with Gasteiger partial charge in [-0.1, -0.05) is 0 Å². The maximum atomic E-state index is 5.56. The summed E-state index contributed by atoms with van der Waals surface area (Å²) in [6.45, 7) is 5.32. The Labute approximate surface area is 104 Å². The topological polar surface area (TPSA) is 47.1 Å². The summed E-state index contributed by atoms with van der Waals surface area (Å²) in [6.07, 6.45) is 6.59. The molecule has 1 aromatic rings. The minimum Gasteiger partial charge on any atom is -0.330 e. The fourth-order valence-corrected chi connectivity index (χ4v) is 2.60. The summed E-state index contributed by atoms with van der Waals surface area (Å²) in [4.78, 5) is 2.39. The minimum absolute atomic E-state index is 0.595. The first-order valence-corrected chi connectivity index (χ1v) is 6.64. The molecule has 0 bridgehead atoms. The van der Waals surface area contributed by atoms with E-state index in [1.807, 2.05) is 6.20 Å². The van der Waals surface area contributed by atoms with Crippen LogP contribution in [0.3, 0.4) is 0 Å². The highest BCUT2D eigenvalue weighted by Gasteiger charge is 2.20. The van der Waals surface area contributed by atoms with Crippen molar-refractivity contribution < 1.29 is 0 Å². The van der Waals surface area contributed by atoms with Crippen molar-refractivity contribution in [3.8, 4) is 0 Å². The molecule has 4 heteroatoms. The summed E-state index contributed by atoms with van der Waals surface area (Å²) >= 11 is 0.